The van der Waals surface area contributed by atoms with Crippen molar-refractivity contribution in [3.05, 3.63) is 54.1 Å². The molecule has 1 unspecified atom stereocenters. The Morgan fingerprint density at radius 3 is 2.55 bits per heavy atom. The van der Waals surface area contributed by atoms with Gasteiger partial charge in [0, 0.05) is 11.6 Å². The van der Waals surface area contributed by atoms with Gasteiger partial charge in [0.15, 0.2) is 11.5 Å². The fourth-order valence-electron chi connectivity index (χ4n) is 2.71. The Hall–Kier alpha value is -3.02. The number of benzene rings is 1. The van der Waals surface area contributed by atoms with Crippen LogP contribution in [0.25, 0.3) is 6.08 Å². The van der Waals surface area contributed by atoms with Crippen LogP contribution in [-0.2, 0) is 19.1 Å². The summed E-state index contributed by atoms with van der Waals surface area (Å²) in [6, 6.07) is 5.55. The van der Waals surface area contributed by atoms with Crippen molar-refractivity contribution in [2.24, 2.45) is 0 Å². The largest absolute Gasteiger partial charge is 0.493 e. The minimum Gasteiger partial charge on any atom is -0.493 e. The molecule has 0 saturated carbocycles. The number of rotatable bonds is 14. The standard InChI is InChI=1S/C25H34O6/c1-6-21(12-10-8-7-9-11-17-30-25(27)19(2)3)31-22-15-13-20(18-23(22)28-4)14-16-24(26)29-5/h9,11,13-16,18,21H,2,6-8,10,12,17H2,1,3-5H3/b11-9?,16-14+. The second-order valence-electron chi connectivity index (χ2n) is 7.05. The summed E-state index contributed by atoms with van der Waals surface area (Å²) in [6.07, 6.45) is 11.8. The van der Waals surface area contributed by atoms with Gasteiger partial charge in [-0.05, 0) is 62.8 Å². The van der Waals surface area contributed by atoms with E-state index in [4.69, 9.17) is 14.2 Å². The SMILES string of the molecule is C=C(C)C(=O)OCC=CCCCCC(CC)Oc1ccc(/C=C/C(=O)OC)cc1OC. The molecule has 0 aliphatic carbocycles. The van der Waals surface area contributed by atoms with Crippen LogP contribution < -0.4 is 9.47 Å². The molecule has 0 amide bonds. The third-order valence-corrected chi connectivity index (χ3v) is 4.52. The number of carbonyl (C=O) groups is 2. The second-order valence-corrected chi connectivity index (χ2v) is 7.05. The molecule has 0 saturated heterocycles. The summed E-state index contributed by atoms with van der Waals surface area (Å²) < 4.78 is 21.2. The van der Waals surface area contributed by atoms with E-state index in [9.17, 15) is 9.59 Å². The van der Waals surface area contributed by atoms with Gasteiger partial charge in [-0.2, -0.15) is 0 Å². The quantitative estimate of drug-likeness (QED) is 0.173. The van der Waals surface area contributed by atoms with E-state index in [2.05, 4.69) is 18.2 Å². The van der Waals surface area contributed by atoms with Crippen molar-refractivity contribution in [2.45, 2.75) is 52.1 Å². The molecule has 31 heavy (non-hydrogen) atoms. The van der Waals surface area contributed by atoms with Crippen molar-refractivity contribution in [1.29, 1.82) is 0 Å². The van der Waals surface area contributed by atoms with Gasteiger partial charge in [0.05, 0.1) is 20.3 Å². The first-order valence-corrected chi connectivity index (χ1v) is 10.5. The second kappa shape index (κ2) is 14.9. The minimum absolute atomic E-state index is 0.0888. The highest BCUT2D eigenvalue weighted by atomic mass is 16.5. The van der Waals surface area contributed by atoms with Crippen LogP contribution in [0.5, 0.6) is 11.5 Å². The summed E-state index contributed by atoms with van der Waals surface area (Å²) >= 11 is 0. The van der Waals surface area contributed by atoms with Gasteiger partial charge in [-0.25, -0.2) is 9.59 Å². The molecule has 6 nitrogen and oxygen atoms in total. The lowest BCUT2D eigenvalue weighted by Crippen LogP contribution is -2.15. The van der Waals surface area contributed by atoms with E-state index in [0.717, 1.165) is 37.7 Å². The van der Waals surface area contributed by atoms with Crippen LogP contribution in [0.15, 0.2) is 48.6 Å². The Labute approximate surface area is 185 Å². The maximum absolute atomic E-state index is 11.3. The van der Waals surface area contributed by atoms with Gasteiger partial charge in [-0.15, -0.1) is 0 Å². The number of ether oxygens (including phenoxy) is 4. The fraction of sp³-hybridized carbons (Fsp3) is 0.440. The first-order chi connectivity index (χ1) is 14.9. The van der Waals surface area contributed by atoms with Crippen molar-refractivity contribution in [2.75, 3.05) is 20.8 Å². The maximum atomic E-state index is 11.3. The predicted molar refractivity (Wildman–Crippen MR) is 122 cm³/mol. The van der Waals surface area contributed by atoms with Gasteiger partial charge in [-0.3, -0.25) is 0 Å². The van der Waals surface area contributed by atoms with E-state index in [1.54, 1.807) is 20.1 Å². The lowest BCUT2D eigenvalue weighted by Gasteiger charge is -2.19. The molecule has 0 aliphatic heterocycles. The van der Waals surface area contributed by atoms with Gasteiger partial charge in [0.2, 0.25) is 0 Å². The van der Waals surface area contributed by atoms with Crippen LogP contribution in [0.4, 0.5) is 0 Å². The average Bonchev–Trinajstić information content (AvgIpc) is 2.78. The lowest BCUT2D eigenvalue weighted by atomic mass is 10.1. The number of hydrogen-bond donors (Lipinski definition) is 0. The summed E-state index contributed by atoms with van der Waals surface area (Å²) in [4.78, 5) is 22.5. The Bertz CT molecular complexity index is 778. The molecular formula is C25H34O6. The van der Waals surface area contributed by atoms with Crippen molar-refractivity contribution < 1.29 is 28.5 Å². The molecule has 0 heterocycles. The van der Waals surface area contributed by atoms with Gasteiger partial charge in [0.25, 0.3) is 0 Å². The van der Waals surface area contributed by atoms with Crippen molar-refractivity contribution in [3.63, 3.8) is 0 Å². The van der Waals surface area contributed by atoms with Crippen LogP contribution in [0, 0.1) is 0 Å². The zero-order chi connectivity index (χ0) is 23.1. The van der Waals surface area contributed by atoms with Crippen LogP contribution in [0.3, 0.4) is 0 Å². The van der Waals surface area contributed by atoms with Crippen LogP contribution in [0.1, 0.15) is 51.5 Å². The Balaban J connectivity index is 2.46. The number of hydrogen-bond acceptors (Lipinski definition) is 6. The molecular weight excluding hydrogens is 396 g/mol. The number of methoxy groups -OCH3 is 2. The molecule has 1 aromatic carbocycles. The van der Waals surface area contributed by atoms with E-state index in [0.29, 0.717) is 17.1 Å². The zero-order valence-corrected chi connectivity index (χ0v) is 19.0. The van der Waals surface area contributed by atoms with E-state index in [1.807, 2.05) is 30.4 Å². The van der Waals surface area contributed by atoms with E-state index >= 15 is 0 Å². The molecule has 0 fully saturated rings. The first-order valence-electron chi connectivity index (χ1n) is 10.5. The molecule has 0 spiro atoms. The predicted octanol–water partition coefficient (Wildman–Crippen LogP) is 5.27. The minimum atomic E-state index is -0.409. The number of unbranched alkanes of at least 4 members (excludes halogenated alkanes) is 2. The Morgan fingerprint density at radius 2 is 1.90 bits per heavy atom. The zero-order valence-electron chi connectivity index (χ0n) is 19.0. The molecule has 0 aliphatic rings. The molecule has 1 aromatic rings. The summed E-state index contributed by atoms with van der Waals surface area (Å²) in [7, 11) is 2.93. The number of esters is 2. The highest BCUT2D eigenvalue weighted by molar-refractivity contribution is 5.87. The van der Waals surface area contributed by atoms with E-state index < -0.39 is 5.97 Å². The fourth-order valence-corrected chi connectivity index (χ4v) is 2.71. The lowest BCUT2D eigenvalue weighted by molar-refractivity contribution is -0.137. The van der Waals surface area contributed by atoms with Gasteiger partial charge < -0.3 is 18.9 Å². The molecule has 0 N–H and O–H groups in total. The summed E-state index contributed by atoms with van der Waals surface area (Å²) in [5.41, 5.74) is 1.23. The highest BCUT2D eigenvalue weighted by Crippen LogP contribution is 2.30. The molecule has 1 atom stereocenters. The molecule has 0 radical (unpaired) electrons. The first kappa shape index (κ1) is 26.0. The van der Waals surface area contributed by atoms with Crippen molar-refractivity contribution in [3.8, 4) is 11.5 Å². The number of allylic oxidation sites excluding steroid dienone is 1. The molecule has 0 bridgehead atoms. The molecule has 6 heteroatoms. The smallest absolute Gasteiger partial charge is 0.333 e. The van der Waals surface area contributed by atoms with Crippen molar-refractivity contribution >= 4 is 18.0 Å². The molecule has 0 aromatic heterocycles. The summed E-state index contributed by atoms with van der Waals surface area (Å²) in [6.45, 7) is 7.55. The normalized spacial score (nSPS) is 12.0. The number of carbonyl (C=O) groups excluding carboxylic acids is 2. The Morgan fingerprint density at radius 1 is 1.13 bits per heavy atom. The molecule has 170 valence electrons. The third kappa shape index (κ3) is 10.5. The summed E-state index contributed by atoms with van der Waals surface area (Å²) in [5.74, 6) is 0.532. The highest BCUT2D eigenvalue weighted by Gasteiger charge is 2.12. The van der Waals surface area contributed by atoms with Crippen LogP contribution in [-0.4, -0.2) is 38.9 Å². The Kier molecular flexibility index (Phi) is 12.5. The average molecular weight is 431 g/mol. The van der Waals surface area contributed by atoms with Gasteiger partial charge in [-0.1, -0.05) is 31.7 Å². The monoisotopic (exact) mass is 430 g/mol. The van der Waals surface area contributed by atoms with Crippen molar-refractivity contribution in [1.82, 2.24) is 0 Å². The van der Waals surface area contributed by atoms with Gasteiger partial charge >= 0.3 is 11.9 Å². The van der Waals surface area contributed by atoms with Crippen LogP contribution >= 0.6 is 0 Å². The topological polar surface area (TPSA) is 71.1 Å². The van der Waals surface area contributed by atoms with Crippen LogP contribution in [0.2, 0.25) is 0 Å². The third-order valence-electron chi connectivity index (χ3n) is 4.52. The van der Waals surface area contributed by atoms with E-state index in [1.165, 1.54) is 13.2 Å². The van der Waals surface area contributed by atoms with E-state index in [-0.39, 0.29) is 18.7 Å². The summed E-state index contributed by atoms with van der Waals surface area (Å²) in [5, 5.41) is 0. The maximum Gasteiger partial charge on any atom is 0.333 e. The van der Waals surface area contributed by atoms with Gasteiger partial charge in [0.1, 0.15) is 6.61 Å². The molecule has 1 rings (SSSR count).